The lowest BCUT2D eigenvalue weighted by atomic mass is 9.85. The van der Waals surface area contributed by atoms with Crippen molar-refractivity contribution in [3.63, 3.8) is 0 Å². The zero-order valence-electron chi connectivity index (χ0n) is 9.94. The first-order valence-corrected chi connectivity index (χ1v) is 5.30. The van der Waals surface area contributed by atoms with Gasteiger partial charge >= 0.3 is 0 Å². The average Bonchev–Trinajstić information content (AvgIpc) is 2.64. The van der Waals surface area contributed by atoms with Crippen LogP contribution in [0.4, 0.5) is 0 Å². The number of aliphatic hydroxyl groups is 1. The van der Waals surface area contributed by atoms with Crippen molar-refractivity contribution in [2.24, 2.45) is 11.1 Å². The Bertz CT molecular complexity index is 317. The molecule has 0 aromatic carbocycles. The average molecular weight is 211 g/mol. The van der Waals surface area contributed by atoms with Crippen LogP contribution in [0, 0.1) is 5.41 Å². The molecule has 0 aliphatic heterocycles. The van der Waals surface area contributed by atoms with Crippen molar-refractivity contribution >= 4 is 0 Å². The van der Waals surface area contributed by atoms with Crippen LogP contribution < -0.4 is 5.73 Å². The van der Waals surface area contributed by atoms with Crippen LogP contribution in [-0.2, 0) is 0 Å². The monoisotopic (exact) mass is 211 g/mol. The minimum atomic E-state index is -0.576. The van der Waals surface area contributed by atoms with E-state index in [0.717, 1.165) is 5.69 Å². The van der Waals surface area contributed by atoms with Crippen LogP contribution in [0.1, 0.15) is 45.5 Å². The highest BCUT2D eigenvalue weighted by Gasteiger charge is 2.30. The number of aliphatic hydroxyl groups excluding tert-OH is 1. The third-order valence-corrected chi connectivity index (χ3v) is 2.80. The molecule has 86 valence electrons. The number of hydrogen-bond donors (Lipinski definition) is 2. The maximum atomic E-state index is 10.2. The van der Waals surface area contributed by atoms with Crippen molar-refractivity contribution in [3.05, 3.63) is 18.2 Å². The molecule has 0 aliphatic rings. The van der Waals surface area contributed by atoms with E-state index in [1.54, 1.807) is 12.5 Å². The third kappa shape index (κ3) is 2.38. The van der Waals surface area contributed by atoms with Crippen LogP contribution in [-0.4, -0.2) is 21.2 Å². The Labute approximate surface area is 91.1 Å². The summed E-state index contributed by atoms with van der Waals surface area (Å²) in [7, 11) is 0. The Morgan fingerprint density at radius 3 is 2.60 bits per heavy atom. The second-order valence-corrected chi connectivity index (χ2v) is 4.91. The maximum absolute atomic E-state index is 10.2. The van der Waals surface area contributed by atoms with Gasteiger partial charge in [-0.15, -0.1) is 0 Å². The third-order valence-electron chi connectivity index (χ3n) is 2.80. The molecule has 0 fully saturated rings. The topological polar surface area (TPSA) is 64.1 Å². The first kappa shape index (κ1) is 12.2. The SMILES string of the molecule is CC(C)n1cncc1C(O)C(C)(C)CN. The normalized spacial score (nSPS) is 14.6. The highest BCUT2D eigenvalue weighted by atomic mass is 16.3. The number of hydrogen-bond acceptors (Lipinski definition) is 3. The van der Waals surface area contributed by atoms with E-state index >= 15 is 0 Å². The van der Waals surface area contributed by atoms with E-state index in [9.17, 15) is 5.11 Å². The van der Waals surface area contributed by atoms with Crippen molar-refractivity contribution in [1.29, 1.82) is 0 Å². The number of nitrogens with two attached hydrogens (primary N) is 1. The Morgan fingerprint density at radius 1 is 1.53 bits per heavy atom. The van der Waals surface area contributed by atoms with Crippen molar-refractivity contribution in [2.45, 2.75) is 39.8 Å². The van der Waals surface area contributed by atoms with Crippen LogP contribution >= 0.6 is 0 Å². The largest absolute Gasteiger partial charge is 0.386 e. The van der Waals surface area contributed by atoms with Crippen molar-refractivity contribution in [2.75, 3.05) is 6.54 Å². The van der Waals surface area contributed by atoms with Crippen LogP contribution in [0.3, 0.4) is 0 Å². The van der Waals surface area contributed by atoms with Gasteiger partial charge in [0.2, 0.25) is 0 Å². The first-order valence-electron chi connectivity index (χ1n) is 5.30. The van der Waals surface area contributed by atoms with E-state index in [2.05, 4.69) is 18.8 Å². The van der Waals surface area contributed by atoms with E-state index in [1.807, 2.05) is 18.4 Å². The molecule has 1 heterocycles. The minimum absolute atomic E-state index is 0.297. The molecule has 0 bridgehead atoms. The summed E-state index contributed by atoms with van der Waals surface area (Å²) in [4.78, 5) is 4.07. The van der Waals surface area contributed by atoms with E-state index in [-0.39, 0.29) is 5.41 Å². The lowest BCUT2D eigenvalue weighted by Gasteiger charge is -2.30. The van der Waals surface area contributed by atoms with Crippen molar-refractivity contribution < 1.29 is 5.11 Å². The number of aromatic nitrogens is 2. The molecule has 4 heteroatoms. The van der Waals surface area contributed by atoms with E-state index < -0.39 is 6.10 Å². The van der Waals surface area contributed by atoms with Crippen LogP contribution in [0.5, 0.6) is 0 Å². The summed E-state index contributed by atoms with van der Waals surface area (Å²) in [5, 5.41) is 10.2. The fourth-order valence-electron chi connectivity index (χ4n) is 1.47. The zero-order chi connectivity index (χ0) is 11.6. The van der Waals surface area contributed by atoms with Gasteiger partial charge in [-0.3, -0.25) is 0 Å². The second-order valence-electron chi connectivity index (χ2n) is 4.91. The van der Waals surface area contributed by atoms with Gasteiger partial charge in [0.25, 0.3) is 0 Å². The molecule has 0 amide bonds. The molecule has 1 aromatic heterocycles. The van der Waals surface area contributed by atoms with Gasteiger partial charge in [0.05, 0.1) is 18.2 Å². The molecule has 1 unspecified atom stereocenters. The Balaban J connectivity index is 3.01. The molecule has 4 nitrogen and oxygen atoms in total. The molecule has 0 aliphatic carbocycles. The highest BCUT2D eigenvalue weighted by molar-refractivity contribution is 5.07. The van der Waals surface area contributed by atoms with Gasteiger partial charge in [-0.2, -0.15) is 0 Å². The maximum Gasteiger partial charge on any atom is 0.102 e. The summed E-state index contributed by atoms with van der Waals surface area (Å²) in [6.07, 6.45) is 2.88. The molecular formula is C11H21N3O. The summed E-state index contributed by atoms with van der Waals surface area (Å²) in [6, 6.07) is 0.297. The lowest BCUT2D eigenvalue weighted by Crippen LogP contribution is -2.32. The molecule has 0 saturated carbocycles. The standard InChI is InChI=1S/C11H21N3O/c1-8(2)14-7-13-5-9(14)10(15)11(3,4)6-12/h5,7-8,10,15H,6,12H2,1-4H3. The van der Waals surface area contributed by atoms with Gasteiger partial charge in [-0.25, -0.2) is 4.98 Å². The van der Waals surface area contributed by atoms with E-state index in [0.29, 0.717) is 12.6 Å². The number of imidazole rings is 1. The van der Waals surface area contributed by atoms with Crippen LogP contribution in [0.15, 0.2) is 12.5 Å². The molecular weight excluding hydrogens is 190 g/mol. The molecule has 15 heavy (non-hydrogen) atoms. The van der Waals surface area contributed by atoms with Crippen LogP contribution in [0.2, 0.25) is 0 Å². The predicted molar refractivity (Wildman–Crippen MR) is 60.4 cm³/mol. The zero-order valence-corrected chi connectivity index (χ0v) is 9.94. The molecule has 0 spiro atoms. The van der Waals surface area contributed by atoms with Crippen molar-refractivity contribution in [3.8, 4) is 0 Å². The number of nitrogens with zero attached hydrogens (tertiary/aromatic N) is 2. The summed E-state index contributed by atoms with van der Waals surface area (Å²) < 4.78 is 1.97. The van der Waals surface area contributed by atoms with Gasteiger partial charge in [0, 0.05) is 18.0 Å². The Kier molecular flexibility index (Phi) is 3.52. The highest BCUT2D eigenvalue weighted by Crippen LogP contribution is 2.32. The Hall–Kier alpha value is -0.870. The lowest BCUT2D eigenvalue weighted by molar-refractivity contribution is 0.0479. The second kappa shape index (κ2) is 4.33. The van der Waals surface area contributed by atoms with Gasteiger partial charge < -0.3 is 15.4 Å². The molecule has 0 saturated heterocycles. The van der Waals surface area contributed by atoms with Gasteiger partial charge in [0.1, 0.15) is 6.10 Å². The molecule has 1 aromatic rings. The fourth-order valence-corrected chi connectivity index (χ4v) is 1.47. The van der Waals surface area contributed by atoms with Crippen molar-refractivity contribution in [1.82, 2.24) is 9.55 Å². The molecule has 1 atom stereocenters. The van der Waals surface area contributed by atoms with E-state index in [4.69, 9.17) is 5.73 Å². The first-order chi connectivity index (χ1) is 6.90. The van der Waals surface area contributed by atoms with Crippen LogP contribution in [0.25, 0.3) is 0 Å². The van der Waals surface area contributed by atoms with Gasteiger partial charge in [-0.1, -0.05) is 13.8 Å². The predicted octanol–water partition coefficient (Wildman–Crippen LogP) is 1.48. The molecule has 0 radical (unpaired) electrons. The summed E-state index contributed by atoms with van der Waals surface area (Å²) in [5.74, 6) is 0. The summed E-state index contributed by atoms with van der Waals surface area (Å²) in [6.45, 7) is 8.48. The number of rotatable bonds is 4. The van der Waals surface area contributed by atoms with E-state index in [1.165, 1.54) is 0 Å². The fraction of sp³-hybridized carbons (Fsp3) is 0.727. The minimum Gasteiger partial charge on any atom is -0.386 e. The van der Waals surface area contributed by atoms with Gasteiger partial charge in [0.15, 0.2) is 0 Å². The smallest absolute Gasteiger partial charge is 0.102 e. The summed E-state index contributed by atoms with van der Waals surface area (Å²) in [5.41, 5.74) is 6.16. The summed E-state index contributed by atoms with van der Waals surface area (Å²) >= 11 is 0. The quantitative estimate of drug-likeness (QED) is 0.793. The Morgan fingerprint density at radius 2 is 2.13 bits per heavy atom. The molecule has 3 N–H and O–H groups in total. The van der Waals surface area contributed by atoms with Gasteiger partial charge in [-0.05, 0) is 13.8 Å². The molecule has 1 rings (SSSR count).